The summed E-state index contributed by atoms with van der Waals surface area (Å²) in [6.45, 7) is 0. The zero-order valence-electron chi connectivity index (χ0n) is 10.7. The Bertz CT molecular complexity index is 717. The molecule has 0 unspecified atom stereocenters. The number of urea groups is 1. The van der Waals surface area contributed by atoms with E-state index in [4.69, 9.17) is 0 Å². The molecule has 2 amide bonds. The molecule has 2 aromatic carbocycles. The topological polar surface area (TPSA) is 98.7 Å². The Morgan fingerprint density at radius 1 is 1.05 bits per heavy atom. The summed E-state index contributed by atoms with van der Waals surface area (Å²) in [5.74, 6) is 0. The van der Waals surface area contributed by atoms with E-state index in [0.717, 1.165) is 4.47 Å². The van der Waals surface area contributed by atoms with Crippen LogP contribution < -0.4 is 15.9 Å². The van der Waals surface area contributed by atoms with Gasteiger partial charge in [-0.2, -0.15) is 0 Å². The molecule has 2 rings (SSSR count). The largest absolute Gasteiger partial charge is 0.358 e. The van der Waals surface area contributed by atoms with E-state index in [1.807, 2.05) is 6.07 Å². The number of nitrogens with one attached hydrogen (secondary N) is 2. The quantitative estimate of drug-likeness (QED) is 0.624. The standard InChI is InChI=1S/C13H12BrN2O4P/c14-9-4-3-5-10(8-9)15-13(17)16-11-6-1-2-7-12(11)21(18,19)20/h1-8H,(H2,15,16,17)(H2,18,19,20). The van der Waals surface area contributed by atoms with Gasteiger partial charge in [0.25, 0.3) is 0 Å². The maximum Gasteiger partial charge on any atom is 0.358 e. The Hall–Kier alpha value is -1.66. The second-order valence-electron chi connectivity index (χ2n) is 4.15. The summed E-state index contributed by atoms with van der Waals surface area (Å²) in [5.41, 5.74) is 0.619. The van der Waals surface area contributed by atoms with Crippen LogP contribution in [0.4, 0.5) is 16.2 Å². The van der Waals surface area contributed by atoms with E-state index in [-0.39, 0.29) is 11.0 Å². The molecule has 110 valence electrons. The van der Waals surface area contributed by atoms with Crippen molar-refractivity contribution in [2.75, 3.05) is 10.6 Å². The minimum absolute atomic E-state index is 0.0679. The third kappa shape index (κ3) is 4.41. The molecule has 0 saturated heterocycles. The zero-order valence-corrected chi connectivity index (χ0v) is 13.1. The van der Waals surface area contributed by atoms with Gasteiger partial charge in [0.1, 0.15) is 0 Å². The minimum atomic E-state index is -4.45. The van der Waals surface area contributed by atoms with E-state index >= 15 is 0 Å². The summed E-state index contributed by atoms with van der Waals surface area (Å²) >= 11 is 3.28. The zero-order chi connectivity index (χ0) is 15.5. The number of hydrogen-bond acceptors (Lipinski definition) is 2. The van der Waals surface area contributed by atoms with Gasteiger partial charge in [0, 0.05) is 10.2 Å². The van der Waals surface area contributed by atoms with Gasteiger partial charge < -0.3 is 20.4 Å². The highest BCUT2D eigenvalue weighted by molar-refractivity contribution is 9.10. The molecule has 6 nitrogen and oxygen atoms in total. The molecular weight excluding hydrogens is 359 g/mol. The maximum absolute atomic E-state index is 11.9. The highest BCUT2D eigenvalue weighted by Gasteiger charge is 2.21. The molecule has 0 spiro atoms. The van der Waals surface area contributed by atoms with Gasteiger partial charge in [-0.05, 0) is 30.3 Å². The van der Waals surface area contributed by atoms with Crippen LogP contribution in [-0.4, -0.2) is 15.8 Å². The van der Waals surface area contributed by atoms with Crippen LogP contribution in [0.3, 0.4) is 0 Å². The van der Waals surface area contributed by atoms with Crippen LogP contribution in [-0.2, 0) is 4.57 Å². The van der Waals surface area contributed by atoms with E-state index in [0.29, 0.717) is 5.69 Å². The van der Waals surface area contributed by atoms with Crippen LogP contribution >= 0.6 is 23.5 Å². The van der Waals surface area contributed by atoms with Gasteiger partial charge in [-0.1, -0.05) is 34.1 Å². The SMILES string of the molecule is O=C(Nc1cccc(Br)c1)Nc1ccccc1P(=O)(O)O. The first kappa shape index (κ1) is 15.7. The lowest BCUT2D eigenvalue weighted by Crippen LogP contribution is -2.23. The first-order chi connectivity index (χ1) is 9.86. The molecule has 2 aromatic rings. The predicted octanol–water partition coefficient (Wildman–Crippen LogP) is 2.90. The molecule has 0 heterocycles. The van der Waals surface area contributed by atoms with Crippen LogP contribution in [0.2, 0.25) is 0 Å². The average molecular weight is 371 g/mol. The lowest BCUT2D eigenvalue weighted by atomic mass is 10.3. The first-order valence-electron chi connectivity index (χ1n) is 5.85. The highest BCUT2D eigenvalue weighted by Crippen LogP contribution is 2.36. The molecule has 0 aliphatic rings. The van der Waals surface area contributed by atoms with Crippen molar-refractivity contribution < 1.29 is 19.1 Å². The Kier molecular flexibility index (Phi) is 4.80. The third-order valence-corrected chi connectivity index (χ3v) is 4.06. The summed E-state index contributed by atoms with van der Waals surface area (Å²) in [6, 6.07) is 12.1. The molecule has 0 fully saturated rings. The number of benzene rings is 2. The predicted molar refractivity (Wildman–Crippen MR) is 84.9 cm³/mol. The molecule has 21 heavy (non-hydrogen) atoms. The lowest BCUT2D eigenvalue weighted by molar-refractivity contribution is 0.262. The van der Waals surface area contributed by atoms with Crippen LogP contribution in [0.1, 0.15) is 0 Å². The molecule has 4 N–H and O–H groups in total. The number of hydrogen-bond donors (Lipinski definition) is 4. The fourth-order valence-corrected chi connectivity index (χ4v) is 2.81. The molecule has 0 radical (unpaired) electrons. The minimum Gasteiger partial charge on any atom is -0.321 e. The van der Waals surface area contributed by atoms with E-state index in [1.165, 1.54) is 18.2 Å². The molecule has 0 saturated carbocycles. The number of carbonyl (C=O) groups excluding carboxylic acids is 1. The van der Waals surface area contributed by atoms with Crippen molar-refractivity contribution in [2.24, 2.45) is 0 Å². The summed E-state index contributed by atoms with van der Waals surface area (Å²) in [7, 11) is -4.45. The van der Waals surface area contributed by atoms with Crippen LogP contribution in [0.15, 0.2) is 53.0 Å². The number of amides is 2. The van der Waals surface area contributed by atoms with E-state index in [1.54, 1.807) is 24.3 Å². The van der Waals surface area contributed by atoms with Gasteiger partial charge in [0.15, 0.2) is 0 Å². The van der Waals surface area contributed by atoms with E-state index in [2.05, 4.69) is 26.6 Å². The lowest BCUT2D eigenvalue weighted by Gasteiger charge is -2.12. The highest BCUT2D eigenvalue weighted by atomic mass is 79.9. The smallest absolute Gasteiger partial charge is 0.321 e. The molecule has 0 bridgehead atoms. The second kappa shape index (κ2) is 6.41. The summed E-state index contributed by atoms with van der Waals surface area (Å²) in [6.07, 6.45) is 0. The molecule has 8 heteroatoms. The Morgan fingerprint density at radius 2 is 1.76 bits per heavy atom. The van der Waals surface area contributed by atoms with E-state index < -0.39 is 13.6 Å². The van der Waals surface area contributed by atoms with Crippen molar-refractivity contribution in [3.05, 3.63) is 53.0 Å². The normalized spacial score (nSPS) is 11.0. The fourth-order valence-electron chi connectivity index (χ4n) is 1.68. The summed E-state index contributed by atoms with van der Waals surface area (Å²) in [5, 5.41) is 4.78. The monoisotopic (exact) mass is 370 g/mol. The van der Waals surface area contributed by atoms with Gasteiger partial charge in [0.2, 0.25) is 0 Å². The average Bonchev–Trinajstić information content (AvgIpc) is 2.37. The van der Waals surface area contributed by atoms with Gasteiger partial charge >= 0.3 is 13.6 Å². The van der Waals surface area contributed by atoms with Crippen molar-refractivity contribution >= 4 is 46.2 Å². The second-order valence-corrected chi connectivity index (χ2v) is 6.64. The van der Waals surface area contributed by atoms with Crippen molar-refractivity contribution in [3.8, 4) is 0 Å². The van der Waals surface area contributed by atoms with Gasteiger partial charge in [-0.15, -0.1) is 0 Å². The third-order valence-electron chi connectivity index (χ3n) is 2.55. The first-order valence-corrected chi connectivity index (χ1v) is 8.25. The van der Waals surface area contributed by atoms with Crippen LogP contribution in [0, 0.1) is 0 Å². The molecule has 0 aliphatic heterocycles. The maximum atomic E-state index is 11.9. The molecule has 0 aromatic heterocycles. The number of halogens is 1. The van der Waals surface area contributed by atoms with Gasteiger partial charge in [-0.3, -0.25) is 4.57 Å². The summed E-state index contributed by atoms with van der Waals surface area (Å²) in [4.78, 5) is 30.4. The number of carbonyl (C=O) groups is 1. The molecule has 0 atom stereocenters. The van der Waals surface area contributed by atoms with Crippen molar-refractivity contribution in [1.29, 1.82) is 0 Å². The Balaban J connectivity index is 2.16. The fraction of sp³-hybridized carbons (Fsp3) is 0. The van der Waals surface area contributed by atoms with Crippen LogP contribution in [0.5, 0.6) is 0 Å². The van der Waals surface area contributed by atoms with Gasteiger partial charge in [0.05, 0.1) is 11.0 Å². The number of anilines is 2. The molecule has 0 aliphatic carbocycles. The van der Waals surface area contributed by atoms with Crippen molar-refractivity contribution in [2.45, 2.75) is 0 Å². The molecular formula is C13H12BrN2O4P. The van der Waals surface area contributed by atoms with Crippen molar-refractivity contribution in [1.82, 2.24) is 0 Å². The van der Waals surface area contributed by atoms with Gasteiger partial charge in [-0.25, -0.2) is 4.79 Å². The number of para-hydroxylation sites is 1. The van der Waals surface area contributed by atoms with Crippen LogP contribution in [0.25, 0.3) is 0 Å². The van der Waals surface area contributed by atoms with Crippen molar-refractivity contribution in [3.63, 3.8) is 0 Å². The van der Waals surface area contributed by atoms with E-state index in [9.17, 15) is 19.1 Å². The Labute approximate surface area is 129 Å². The Morgan fingerprint density at radius 3 is 2.43 bits per heavy atom. The summed E-state index contributed by atoms with van der Waals surface area (Å²) < 4.78 is 12.2. The number of rotatable bonds is 3.